The third-order valence-electron chi connectivity index (χ3n) is 5.07. The summed E-state index contributed by atoms with van der Waals surface area (Å²) in [5, 5.41) is 5.86. The van der Waals surface area contributed by atoms with Gasteiger partial charge in [-0.1, -0.05) is 66.2 Å². The fourth-order valence-electron chi connectivity index (χ4n) is 3.44. The maximum atomic E-state index is 13.0. The number of amides is 2. The third-order valence-corrected chi connectivity index (χ3v) is 5.07. The van der Waals surface area contributed by atoms with Crippen molar-refractivity contribution in [3.63, 3.8) is 0 Å². The van der Waals surface area contributed by atoms with E-state index in [4.69, 9.17) is 4.74 Å². The van der Waals surface area contributed by atoms with Gasteiger partial charge in [-0.25, -0.2) is 0 Å². The van der Waals surface area contributed by atoms with E-state index < -0.39 is 6.04 Å². The number of nitrogens with one attached hydrogen (secondary N) is 2. The summed E-state index contributed by atoms with van der Waals surface area (Å²) < 4.78 is 5.42. The second-order valence-corrected chi connectivity index (χ2v) is 7.44. The van der Waals surface area contributed by atoms with E-state index in [0.29, 0.717) is 24.9 Å². The summed E-state index contributed by atoms with van der Waals surface area (Å²) in [6, 6.07) is 23.9. The van der Waals surface area contributed by atoms with Crippen LogP contribution < -0.4 is 15.4 Å². The van der Waals surface area contributed by atoms with Crippen LogP contribution in [-0.4, -0.2) is 31.5 Å². The number of methoxy groups -OCH3 is 1. The van der Waals surface area contributed by atoms with E-state index in [0.717, 1.165) is 22.4 Å². The van der Waals surface area contributed by atoms with Crippen LogP contribution in [0.3, 0.4) is 0 Å². The van der Waals surface area contributed by atoms with E-state index in [2.05, 4.69) is 16.7 Å². The second kappa shape index (κ2) is 11.0. The van der Waals surface area contributed by atoms with Crippen LogP contribution in [0.5, 0.6) is 5.75 Å². The Balaban J connectivity index is 1.67. The van der Waals surface area contributed by atoms with Gasteiger partial charge in [0.15, 0.2) is 0 Å². The summed E-state index contributed by atoms with van der Waals surface area (Å²) in [7, 11) is 1.64. The topological polar surface area (TPSA) is 67.4 Å². The molecule has 0 aliphatic heterocycles. The summed E-state index contributed by atoms with van der Waals surface area (Å²) in [5.41, 5.74) is 3.68. The molecule has 160 valence electrons. The smallest absolute Gasteiger partial charge is 0.251 e. The average molecular weight is 417 g/mol. The Morgan fingerprint density at radius 1 is 0.935 bits per heavy atom. The van der Waals surface area contributed by atoms with E-state index >= 15 is 0 Å². The minimum Gasteiger partial charge on any atom is -0.496 e. The van der Waals surface area contributed by atoms with Gasteiger partial charge in [-0.2, -0.15) is 0 Å². The van der Waals surface area contributed by atoms with Crippen LogP contribution in [0.25, 0.3) is 0 Å². The number of benzene rings is 3. The normalized spacial score (nSPS) is 11.4. The van der Waals surface area contributed by atoms with Crippen LogP contribution in [-0.2, 0) is 17.6 Å². The van der Waals surface area contributed by atoms with Gasteiger partial charge in [0.2, 0.25) is 5.91 Å². The summed E-state index contributed by atoms with van der Waals surface area (Å²) >= 11 is 0. The highest BCUT2D eigenvalue weighted by Gasteiger charge is 2.21. The van der Waals surface area contributed by atoms with Gasteiger partial charge in [0.25, 0.3) is 5.91 Å². The lowest BCUT2D eigenvalue weighted by atomic mass is 10.0. The molecule has 2 N–H and O–H groups in total. The average Bonchev–Trinajstić information content (AvgIpc) is 2.80. The van der Waals surface area contributed by atoms with E-state index in [1.54, 1.807) is 31.4 Å². The molecule has 0 aliphatic carbocycles. The molecule has 0 saturated carbocycles. The first-order chi connectivity index (χ1) is 15.1. The van der Waals surface area contributed by atoms with Crippen molar-refractivity contribution in [3.8, 4) is 5.75 Å². The Kier molecular flexibility index (Phi) is 7.82. The molecule has 0 saturated heterocycles. The summed E-state index contributed by atoms with van der Waals surface area (Å²) in [6.07, 6.45) is 1.06. The van der Waals surface area contributed by atoms with Gasteiger partial charge in [-0.15, -0.1) is 0 Å². The highest BCUT2D eigenvalue weighted by atomic mass is 16.5. The van der Waals surface area contributed by atoms with Crippen LogP contribution in [0, 0.1) is 6.92 Å². The highest BCUT2D eigenvalue weighted by Crippen LogP contribution is 2.19. The molecule has 2 amide bonds. The maximum Gasteiger partial charge on any atom is 0.251 e. The number of carbonyl (C=O) groups is 2. The van der Waals surface area contributed by atoms with Crippen molar-refractivity contribution >= 4 is 11.8 Å². The summed E-state index contributed by atoms with van der Waals surface area (Å²) in [5.74, 6) is 0.329. The minimum absolute atomic E-state index is 0.209. The number of hydrogen-bond donors (Lipinski definition) is 2. The fourth-order valence-corrected chi connectivity index (χ4v) is 3.44. The Morgan fingerprint density at radius 2 is 1.61 bits per heavy atom. The standard InChI is InChI=1S/C26H28N2O3/c1-19-13-14-24(31-2)22(17-19)15-16-27-26(30)23(18-20-9-5-3-6-10-20)28-25(29)21-11-7-4-8-12-21/h3-14,17,23H,15-16,18H2,1-2H3,(H,27,30)(H,28,29)/t23-/m0/s1. The maximum absolute atomic E-state index is 13.0. The quantitative estimate of drug-likeness (QED) is 0.559. The number of carbonyl (C=O) groups excluding carboxylic acids is 2. The van der Waals surface area contributed by atoms with Crippen LogP contribution in [0.15, 0.2) is 78.9 Å². The van der Waals surface area contributed by atoms with Gasteiger partial charge in [-0.3, -0.25) is 9.59 Å². The van der Waals surface area contributed by atoms with Crippen LogP contribution in [0.1, 0.15) is 27.0 Å². The van der Waals surface area contributed by atoms with E-state index in [1.165, 1.54) is 0 Å². The van der Waals surface area contributed by atoms with Gasteiger partial charge in [-0.05, 0) is 42.7 Å². The Bertz CT molecular complexity index is 1000. The lowest BCUT2D eigenvalue weighted by molar-refractivity contribution is -0.122. The van der Waals surface area contributed by atoms with Gasteiger partial charge < -0.3 is 15.4 Å². The zero-order valence-corrected chi connectivity index (χ0v) is 17.9. The largest absolute Gasteiger partial charge is 0.496 e. The molecule has 0 heterocycles. The first-order valence-corrected chi connectivity index (χ1v) is 10.4. The first kappa shape index (κ1) is 22.1. The zero-order valence-electron chi connectivity index (χ0n) is 17.9. The van der Waals surface area contributed by atoms with Crippen molar-refractivity contribution < 1.29 is 14.3 Å². The van der Waals surface area contributed by atoms with Gasteiger partial charge >= 0.3 is 0 Å². The molecule has 0 spiro atoms. The molecule has 0 radical (unpaired) electrons. The molecule has 0 unspecified atom stereocenters. The number of aryl methyl sites for hydroxylation is 1. The molecule has 1 atom stereocenters. The number of ether oxygens (including phenoxy) is 1. The predicted molar refractivity (Wildman–Crippen MR) is 122 cm³/mol. The molecule has 0 fully saturated rings. The van der Waals surface area contributed by atoms with Crippen molar-refractivity contribution in [2.75, 3.05) is 13.7 Å². The highest BCUT2D eigenvalue weighted by molar-refractivity contribution is 5.97. The summed E-state index contributed by atoms with van der Waals surface area (Å²) in [6.45, 7) is 2.47. The monoisotopic (exact) mass is 416 g/mol. The Morgan fingerprint density at radius 3 is 2.29 bits per heavy atom. The van der Waals surface area contributed by atoms with E-state index in [9.17, 15) is 9.59 Å². The van der Waals surface area contributed by atoms with Gasteiger partial charge in [0.1, 0.15) is 11.8 Å². The molecule has 5 heteroatoms. The lowest BCUT2D eigenvalue weighted by Gasteiger charge is -2.19. The Labute approximate surface area is 183 Å². The van der Waals surface area contributed by atoms with Crippen molar-refractivity contribution in [1.29, 1.82) is 0 Å². The molecule has 3 aromatic rings. The minimum atomic E-state index is -0.672. The first-order valence-electron chi connectivity index (χ1n) is 10.4. The third kappa shape index (κ3) is 6.44. The van der Waals surface area contributed by atoms with Crippen molar-refractivity contribution in [1.82, 2.24) is 10.6 Å². The number of rotatable bonds is 9. The van der Waals surface area contributed by atoms with Crippen molar-refractivity contribution in [3.05, 3.63) is 101 Å². The molecule has 0 bridgehead atoms. The summed E-state index contributed by atoms with van der Waals surface area (Å²) in [4.78, 5) is 25.6. The molecular weight excluding hydrogens is 388 g/mol. The molecule has 0 aliphatic rings. The van der Waals surface area contributed by atoms with E-state index in [1.807, 2.05) is 55.5 Å². The van der Waals surface area contributed by atoms with Crippen LogP contribution >= 0.6 is 0 Å². The second-order valence-electron chi connectivity index (χ2n) is 7.44. The van der Waals surface area contributed by atoms with Gasteiger partial charge in [0, 0.05) is 18.5 Å². The molecule has 3 aromatic carbocycles. The molecular formula is C26H28N2O3. The van der Waals surface area contributed by atoms with Crippen molar-refractivity contribution in [2.45, 2.75) is 25.8 Å². The molecule has 3 rings (SSSR count). The molecule has 31 heavy (non-hydrogen) atoms. The fraction of sp³-hybridized carbons (Fsp3) is 0.231. The van der Waals surface area contributed by atoms with Crippen molar-refractivity contribution in [2.24, 2.45) is 0 Å². The predicted octanol–water partition coefficient (Wildman–Crippen LogP) is 3.70. The number of hydrogen-bond acceptors (Lipinski definition) is 3. The van der Waals surface area contributed by atoms with E-state index in [-0.39, 0.29) is 11.8 Å². The molecule has 0 aromatic heterocycles. The molecule has 5 nitrogen and oxygen atoms in total. The van der Waals surface area contributed by atoms with Crippen LogP contribution in [0.4, 0.5) is 0 Å². The van der Waals surface area contributed by atoms with Gasteiger partial charge in [0.05, 0.1) is 7.11 Å². The Hall–Kier alpha value is -3.60. The lowest BCUT2D eigenvalue weighted by Crippen LogP contribution is -2.48. The zero-order chi connectivity index (χ0) is 22.1. The van der Waals surface area contributed by atoms with Crippen LogP contribution in [0.2, 0.25) is 0 Å². The SMILES string of the molecule is COc1ccc(C)cc1CCNC(=O)[C@H](Cc1ccccc1)NC(=O)c1ccccc1.